The predicted molar refractivity (Wildman–Crippen MR) is 91.5 cm³/mol. The molecule has 1 aromatic rings. The van der Waals surface area contributed by atoms with E-state index in [-0.39, 0.29) is 5.41 Å². The lowest BCUT2D eigenvalue weighted by molar-refractivity contribution is -0.146. The smallest absolute Gasteiger partial charge is 0.229 e. The minimum Gasteiger partial charge on any atom is -0.342 e. The molecule has 0 aliphatic carbocycles. The lowest BCUT2D eigenvalue weighted by Gasteiger charge is -2.43. The molecule has 24 heavy (non-hydrogen) atoms. The van der Waals surface area contributed by atoms with E-state index in [4.69, 9.17) is 4.52 Å². The Labute approximate surface area is 144 Å². The van der Waals surface area contributed by atoms with Crippen molar-refractivity contribution in [3.8, 4) is 0 Å². The van der Waals surface area contributed by atoms with Gasteiger partial charge in [0.15, 0.2) is 5.82 Å². The Hall–Kier alpha value is -1.43. The van der Waals surface area contributed by atoms with Crippen LogP contribution in [0, 0.1) is 18.3 Å². The van der Waals surface area contributed by atoms with E-state index >= 15 is 0 Å². The van der Waals surface area contributed by atoms with Crippen molar-refractivity contribution in [3.05, 3.63) is 11.7 Å². The van der Waals surface area contributed by atoms with Crippen LogP contribution in [0.4, 0.5) is 0 Å². The van der Waals surface area contributed by atoms with Crippen molar-refractivity contribution >= 4 is 5.91 Å². The molecule has 0 aromatic carbocycles. The number of aryl methyl sites for hydroxylation is 1. The number of nitrogens with zero attached hydrogens (tertiary/aromatic N) is 4. The quantitative estimate of drug-likeness (QED) is 0.845. The van der Waals surface area contributed by atoms with Crippen molar-refractivity contribution in [1.29, 1.82) is 0 Å². The van der Waals surface area contributed by atoms with Crippen molar-refractivity contribution in [2.24, 2.45) is 11.3 Å². The van der Waals surface area contributed by atoms with Gasteiger partial charge in [0.1, 0.15) is 0 Å². The van der Waals surface area contributed by atoms with E-state index in [0.717, 1.165) is 70.7 Å². The zero-order valence-corrected chi connectivity index (χ0v) is 15.3. The van der Waals surface area contributed by atoms with Crippen LogP contribution in [0.15, 0.2) is 4.52 Å². The first kappa shape index (κ1) is 17.4. The number of hydrogen-bond acceptors (Lipinski definition) is 5. The molecule has 0 saturated carbocycles. The van der Waals surface area contributed by atoms with E-state index in [9.17, 15) is 4.79 Å². The summed E-state index contributed by atoms with van der Waals surface area (Å²) in [6.45, 7) is 11.0. The van der Waals surface area contributed by atoms with Crippen LogP contribution in [-0.2, 0) is 11.2 Å². The van der Waals surface area contributed by atoms with Gasteiger partial charge in [-0.2, -0.15) is 4.98 Å². The molecule has 3 rings (SSSR count). The number of carbonyl (C=O) groups is 1. The second kappa shape index (κ2) is 7.21. The molecule has 1 atom stereocenters. The number of rotatable bonds is 4. The molecule has 0 radical (unpaired) electrons. The molecule has 0 N–H and O–H groups in total. The van der Waals surface area contributed by atoms with E-state index in [1.54, 1.807) is 0 Å². The third-order valence-corrected chi connectivity index (χ3v) is 5.67. The number of carbonyl (C=O) groups excluding carboxylic acids is 1. The monoisotopic (exact) mass is 334 g/mol. The van der Waals surface area contributed by atoms with Crippen molar-refractivity contribution < 1.29 is 9.32 Å². The molecule has 0 unspecified atom stereocenters. The lowest BCUT2D eigenvalue weighted by atomic mass is 9.79. The lowest BCUT2D eigenvalue weighted by Crippen LogP contribution is -2.53. The van der Waals surface area contributed by atoms with Gasteiger partial charge in [-0.05, 0) is 58.5 Å². The Morgan fingerprint density at radius 3 is 2.71 bits per heavy atom. The summed E-state index contributed by atoms with van der Waals surface area (Å²) in [5.74, 6) is 2.33. The van der Waals surface area contributed by atoms with E-state index in [0.29, 0.717) is 17.6 Å². The Bertz CT molecular complexity index is 565. The van der Waals surface area contributed by atoms with E-state index in [1.165, 1.54) is 0 Å². The number of likely N-dealkylation sites (tertiary alicyclic amines) is 2. The molecule has 2 aliphatic heterocycles. The van der Waals surface area contributed by atoms with Crippen LogP contribution in [0.3, 0.4) is 0 Å². The van der Waals surface area contributed by atoms with Crippen LogP contribution in [0.2, 0.25) is 0 Å². The van der Waals surface area contributed by atoms with Gasteiger partial charge in [0.25, 0.3) is 0 Å². The summed E-state index contributed by atoms with van der Waals surface area (Å²) in [5, 5.41) is 3.86. The SMILES string of the molecule is CCN1CCC[C@](C)(C(=O)N2CCC(Cc3nc(C)no3)CC2)C1. The molecule has 3 heterocycles. The van der Waals surface area contributed by atoms with Gasteiger partial charge in [0.2, 0.25) is 11.8 Å². The first-order valence-corrected chi connectivity index (χ1v) is 9.31. The van der Waals surface area contributed by atoms with Crippen molar-refractivity contribution in [3.63, 3.8) is 0 Å². The highest BCUT2D eigenvalue weighted by molar-refractivity contribution is 5.82. The van der Waals surface area contributed by atoms with Gasteiger partial charge in [-0.1, -0.05) is 12.1 Å². The summed E-state index contributed by atoms with van der Waals surface area (Å²) in [7, 11) is 0. The third-order valence-electron chi connectivity index (χ3n) is 5.67. The zero-order chi connectivity index (χ0) is 17.2. The Balaban J connectivity index is 1.53. The summed E-state index contributed by atoms with van der Waals surface area (Å²) < 4.78 is 5.23. The molecular formula is C18H30N4O2. The van der Waals surface area contributed by atoms with Gasteiger partial charge in [0, 0.05) is 26.1 Å². The largest absolute Gasteiger partial charge is 0.342 e. The normalized spacial score (nSPS) is 26.7. The molecule has 2 aliphatic rings. The van der Waals surface area contributed by atoms with Crippen LogP contribution in [0.1, 0.15) is 51.2 Å². The molecule has 0 bridgehead atoms. The van der Waals surface area contributed by atoms with E-state index < -0.39 is 0 Å². The summed E-state index contributed by atoms with van der Waals surface area (Å²) in [5.41, 5.74) is -0.204. The standard InChI is InChI=1S/C18H30N4O2/c1-4-21-9-5-8-18(3,13-21)17(23)22-10-6-15(7-11-22)12-16-19-14(2)20-24-16/h15H,4-13H2,1-3H3/t18-/m0/s1. The zero-order valence-electron chi connectivity index (χ0n) is 15.3. The Morgan fingerprint density at radius 1 is 1.33 bits per heavy atom. The number of piperidine rings is 2. The predicted octanol–water partition coefficient (Wildman–Crippen LogP) is 2.28. The summed E-state index contributed by atoms with van der Waals surface area (Å²) in [4.78, 5) is 21.9. The summed E-state index contributed by atoms with van der Waals surface area (Å²) in [6, 6.07) is 0. The maximum Gasteiger partial charge on any atom is 0.229 e. The highest BCUT2D eigenvalue weighted by atomic mass is 16.5. The van der Waals surface area contributed by atoms with Crippen LogP contribution in [0.5, 0.6) is 0 Å². The molecule has 0 spiro atoms. The van der Waals surface area contributed by atoms with E-state index in [1.807, 2.05) is 6.92 Å². The second-order valence-electron chi connectivity index (χ2n) is 7.71. The van der Waals surface area contributed by atoms with Crippen LogP contribution < -0.4 is 0 Å². The molecule has 2 saturated heterocycles. The second-order valence-corrected chi connectivity index (χ2v) is 7.71. The van der Waals surface area contributed by atoms with Gasteiger partial charge in [-0.15, -0.1) is 0 Å². The number of amides is 1. The molecule has 1 amide bonds. The maximum atomic E-state index is 13.1. The Morgan fingerprint density at radius 2 is 2.08 bits per heavy atom. The molecular weight excluding hydrogens is 304 g/mol. The van der Waals surface area contributed by atoms with Crippen LogP contribution >= 0.6 is 0 Å². The molecule has 6 heteroatoms. The first-order valence-electron chi connectivity index (χ1n) is 9.31. The third kappa shape index (κ3) is 3.79. The molecule has 6 nitrogen and oxygen atoms in total. The first-order chi connectivity index (χ1) is 11.5. The van der Waals surface area contributed by atoms with Gasteiger partial charge in [-0.25, -0.2) is 0 Å². The van der Waals surface area contributed by atoms with E-state index in [2.05, 4.69) is 33.8 Å². The van der Waals surface area contributed by atoms with Crippen LogP contribution in [0.25, 0.3) is 0 Å². The topological polar surface area (TPSA) is 62.5 Å². The van der Waals surface area contributed by atoms with Crippen molar-refractivity contribution in [2.45, 2.75) is 52.9 Å². The Kier molecular flexibility index (Phi) is 5.23. The summed E-state index contributed by atoms with van der Waals surface area (Å²) >= 11 is 0. The van der Waals surface area contributed by atoms with Crippen molar-refractivity contribution in [2.75, 3.05) is 32.7 Å². The number of aromatic nitrogens is 2. The van der Waals surface area contributed by atoms with Gasteiger partial charge in [0.05, 0.1) is 5.41 Å². The summed E-state index contributed by atoms with van der Waals surface area (Å²) in [6.07, 6.45) is 5.04. The average molecular weight is 334 g/mol. The highest BCUT2D eigenvalue weighted by Gasteiger charge is 2.40. The van der Waals surface area contributed by atoms with Gasteiger partial charge >= 0.3 is 0 Å². The fourth-order valence-corrected chi connectivity index (χ4v) is 4.18. The minimum atomic E-state index is -0.204. The molecule has 1 aromatic heterocycles. The minimum absolute atomic E-state index is 0.204. The fourth-order valence-electron chi connectivity index (χ4n) is 4.18. The van der Waals surface area contributed by atoms with Gasteiger partial charge in [-0.3, -0.25) is 4.79 Å². The average Bonchev–Trinajstić information content (AvgIpc) is 3.00. The fraction of sp³-hybridized carbons (Fsp3) is 0.833. The van der Waals surface area contributed by atoms with Crippen LogP contribution in [-0.4, -0.2) is 58.6 Å². The highest BCUT2D eigenvalue weighted by Crippen LogP contribution is 2.33. The van der Waals surface area contributed by atoms with Gasteiger partial charge < -0.3 is 14.3 Å². The maximum absolute atomic E-state index is 13.1. The van der Waals surface area contributed by atoms with Crippen molar-refractivity contribution in [1.82, 2.24) is 19.9 Å². The molecule has 134 valence electrons. The number of hydrogen-bond donors (Lipinski definition) is 0. The molecule has 2 fully saturated rings.